The summed E-state index contributed by atoms with van der Waals surface area (Å²) >= 11 is 0. The third-order valence-electron chi connectivity index (χ3n) is 11.8. The molecule has 0 N–H and O–H groups in total. The molecule has 0 saturated carbocycles. The van der Waals surface area contributed by atoms with E-state index in [0.717, 1.165) is 0 Å². The average molecular weight is 664 g/mol. The van der Waals surface area contributed by atoms with Crippen LogP contribution in [0.1, 0.15) is 22.3 Å². The summed E-state index contributed by atoms with van der Waals surface area (Å²) in [5.41, 5.74) is 13.9. The van der Waals surface area contributed by atoms with Gasteiger partial charge in [0.1, 0.15) is 0 Å². The summed E-state index contributed by atoms with van der Waals surface area (Å²) in [6.45, 7) is 0. The third kappa shape index (κ3) is 3.60. The molecule has 0 atom stereocenters. The molecule has 1 spiro atoms. The number of benzene rings is 8. The summed E-state index contributed by atoms with van der Waals surface area (Å²) in [7, 11) is -2.66. The van der Waals surface area contributed by atoms with Gasteiger partial charge < -0.3 is 4.90 Å². The molecule has 0 fully saturated rings. The average Bonchev–Trinajstić information content (AvgIpc) is 3.67. The van der Waals surface area contributed by atoms with Crippen molar-refractivity contribution in [3.8, 4) is 22.3 Å². The lowest BCUT2D eigenvalue weighted by molar-refractivity contribution is 0.752. The molecule has 0 saturated heterocycles. The summed E-state index contributed by atoms with van der Waals surface area (Å²) in [5.74, 6) is 0. The summed E-state index contributed by atoms with van der Waals surface area (Å²) < 4.78 is 0. The van der Waals surface area contributed by atoms with Crippen molar-refractivity contribution in [1.29, 1.82) is 0 Å². The van der Waals surface area contributed by atoms with E-state index in [1.165, 1.54) is 82.3 Å². The van der Waals surface area contributed by atoms with Gasteiger partial charge in [0.2, 0.25) is 0 Å². The molecule has 0 bridgehead atoms. The molecule has 1 nitrogen and oxygen atoms in total. The minimum absolute atomic E-state index is 0.420. The molecule has 1 aliphatic carbocycles. The Balaban J connectivity index is 1.22. The van der Waals surface area contributed by atoms with Gasteiger partial charge in [0.05, 0.1) is 16.8 Å². The molecule has 0 unspecified atom stereocenters. The lowest BCUT2D eigenvalue weighted by Crippen LogP contribution is -2.72. The van der Waals surface area contributed by atoms with Crippen molar-refractivity contribution in [2.24, 2.45) is 0 Å². The van der Waals surface area contributed by atoms with E-state index in [1.807, 2.05) is 0 Å². The molecule has 8 aromatic rings. The first-order valence-corrected chi connectivity index (χ1v) is 19.9. The molecule has 51 heavy (non-hydrogen) atoms. The second kappa shape index (κ2) is 10.6. The minimum Gasteiger partial charge on any atom is -0.310 e. The van der Waals surface area contributed by atoms with Crippen LogP contribution in [-0.2, 0) is 5.41 Å². The maximum absolute atomic E-state index is 2.66. The van der Waals surface area contributed by atoms with Crippen LogP contribution in [0, 0.1) is 0 Å². The molecule has 2 heterocycles. The van der Waals surface area contributed by atoms with Crippen LogP contribution in [0.3, 0.4) is 0 Å². The normalized spacial score (nSPS) is 14.9. The Hall–Kier alpha value is -6.22. The molecule has 3 aliphatic rings. The van der Waals surface area contributed by atoms with Gasteiger partial charge in [-0.25, -0.2) is 0 Å². The van der Waals surface area contributed by atoms with E-state index in [2.05, 4.69) is 205 Å². The van der Waals surface area contributed by atoms with Crippen LogP contribution >= 0.6 is 0 Å². The lowest BCUT2D eigenvalue weighted by Gasteiger charge is -2.45. The quantitative estimate of drug-likeness (QED) is 0.171. The molecular formula is C49H33NSi. The van der Waals surface area contributed by atoms with E-state index in [9.17, 15) is 0 Å². The van der Waals surface area contributed by atoms with Crippen LogP contribution in [0.15, 0.2) is 200 Å². The number of hydrogen-bond donors (Lipinski definition) is 0. The molecular weight excluding hydrogens is 631 g/mol. The van der Waals surface area contributed by atoms with Crippen LogP contribution in [0.25, 0.3) is 22.3 Å². The van der Waals surface area contributed by atoms with E-state index in [0.29, 0.717) is 0 Å². The SMILES string of the molecule is c1ccc([Si]2(c3ccccc3)c3ccccc3-c3ccc(N4c5ccccc5C5(c6ccccc6-c6ccccc65)c5ccccc54)cc32)cc1. The van der Waals surface area contributed by atoms with E-state index < -0.39 is 13.5 Å². The van der Waals surface area contributed by atoms with Gasteiger partial charge in [-0.1, -0.05) is 176 Å². The smallest absolute Gasteiger partial charge is 0.180 e. The Bertz CT molecular complexity index is 2520. The number of nitrogens with zero attached hydrogens (tertiary/aromatic N) is 1. The Morgan fingerprint density at radius 3 is 1.33 bits per heavy atom. The first kappa shape index (κ1) is 28.6. The Morgan fingerprint density at radius 1 is 0.333 bits per heavy atom. The molecule has 2 heteroatoms. The fraction of sp³-hybridized carbons (Fsp3) is 0.0204. The fourth-order valence-corrected chi connectivity index (χ4v) is 15.1. The monoisotopic (exact) mass is 663 g/mol. The highest BCUT2D eigenvalue weighted by molar-refractivity contribution is 7.22. The molecule has 8 aromatic carbocycles. The predicted molar refractivity (Wildman–Crippen MR) is 215 cm³/mol. The molecule has 0 radical (unpaired) electrons. The van der Waals surface area contributed by atoms with Crippen molar-refractivity contribution in [3.63, 3.8) is 0 Å². The largest absolute Gasteiger partial charge is 0.310 e. The van der Waals surface area contributed by atoms with Crippen molar-refractivity contribution in [1.82, 2.24) is 0 Å². The highest BCUT2D eigenvalue weighted by Gasteiger charge is 2.52. The first-order valence-electron chi connectivity index (χ1n) is 17.9. The summed E-state index contributed by atoms with van der Waals surface area (Å²) in [5, 5.41) is 5.74. The molecule has 0 aromatic heterocycles. The highest BCUT2D eigenvalue weighted by atomic mass is 28.3. The maximum atomic E-state index is 2.55. The fourth-order valence-electron chi connectivity index (χ4n) is 9.91. The zero-order valence-electron chi connectivity index (χ0n) is 28.0. The summed E-state index contributed by atoms with van der Waals surface area (Å²) in [6.07, 6.45) is 0. The van der Waals surface area contributed by atoms with Crippen LogP contribution in [0.5, 0.6) is 0 Å². The number of anilines is 3. The van der Waals surface area contributed by atoms with Crippen LogP contribution < -0.4 is 25.6 Å². The van der Waals surface area contributed by atoms with Crippen molar-refractivity contribution in [3.05, 3.63) is 222 Å². The summed E-state index contributed by atoms with van der Waals surface area (Å²) in [4.78, 5) is 2.54. The summed E-state index contributed by atoms with van der Waals surface area (Å²) in [6, 6.07) is 75.4. The molecule has 11 rings (SSSR count). The van der Waals surface area contributed by atoms with Gasteiger partial charge in [-0.3, -0.25) is 0 Å². The second-order valence-corrected chi connectivity index (χ2v) is 17.7. The van der Waals surface area contributed by atoms with Gasteiger partial charge in [0, 0.05) is 5.69 Å². The number of fused-ring (bicyclic) bond motifs is 12. The van der Waals surface area contributed by atoms with Gasteiger partial charge in [-0.05, 0) is 89.5 Å². The highest BCUT2D eigenvalue weighted by Crippen LogP contribution is 2.63. The van der Waals surface area contributed by atoms with Crippen molar-refractivity contribution in [2.45, 2.75) is 5.41 Å². The minimum atomic E-state index is -2.66. The van der Waals surface area contributed by atoms with E-state index in [-0.39, 0.29) is 0 Å². The predicted octanol–water partition coefficient (Wildman–Crippen LogP) is 9.19. The van der Waals surface area contributed by atoms with Gasteiger partial charge in [0.25, 0.3) is 0 Å². The van der Waals surface area contributed by atoms with E-state index in [4.69, 9.17) is 0 Å². The van der Waals surface area contributed by atoms with Gasteiger partial charge in [-0.15, -0.1) is 0 Å². The molecule has 0 amide bonds. The van der Waals surface area contributed by atoms with Crippen LogP contribution in [0.4, 0.5) is 17.1 Å². The second-order valence-electron chi connectivity index (χ2n) is 14.0. The maximum Gasteiger partial charge on any atom is 0.180 e. The van der Waals surface area contributed by atoms with Gasteiger partial charge >= 0.3 is 0 Å². The zero-order valence-corrected chi connectivity index (χ0v) is 29.0. The first-order chi connectivity index (χ1) is 25.3. The van der Waals surface area contributed by atoms with E-state index >= 15 is 0 Å². The van der Waals surface area contributed by atoms with Gasteiger partial charge in [0.15, 0.2) is 8.07 Å². The number of hydrogen-bond acceptors (Lipinski definition) is 1. The third-order valence-corrected chi connectivity index (χ3v) is 16.6. The molecule has 238 valence electrons. The Labute approximate surface area is 299 Å². The Kier molecular flexibility index (Phi) is 5.97. The molecule has 2 aliphatic heterocycles. The standard InChI is InChI=1S/C49H33NSi/c1-3-17-35(18-4-1)51(36-19-5-2-6-20-36)47-30-16-9-23-39(47)40-32-31-34(33-48(40)51)50-45-28-14-12-26-43(45)49(44-27-13-15-29-46(44)50)41-24-10-7-21-37(41)38-22-8-11-25-42(38)49/h1-33H. The zero-order chi connectivity index (χ0) is 33.6. The Morgan fingerprint density at radius 2 is 0.765 bits per heavy atom. The lowest BCUT2D eigenvalue weighted by atomic mass is 9.64. The van der Waals surface area contributed by atoms with Gasteiger partial charge in [-0.2, -0.15) is 0 Å². The van der Waals surface area contributed by atoms with Crippen molar-refractivity contribution in [2.75, 3.05) is 4.90 Å². The van der Waals surface area contributed by atoms with Crippen LogP contribution in [-0.4, -0.2) is 8.07 Å². The number of rotatable bonds is 3. The van der Waals surface area contributed by atoms with Crippen LogP contribution in [0.2, 0.25) is 0 Å². The van der Waals surface area contributed by atoms with Crippen molar-refractivity contribution < 1.29 is 0 Å². The van der Waals surface area contributed by atoms with Crippen molar-refractivity contribution >= 4 is 45.9 Å². The topological polar surface area (TPSA) is 3.24 Å². The number of para-hydroxylation sites is 2. The van der Waals surface area contributed by atoms with E-state index in [1.54, 1.807) is 0 Å².